The van der Waals surface area contributed by atoms with Gasteiger partial charge in [0, 0.05) is 12.1 Å². The number of ether oxygens (including phenoxy) is 1. The molecule has 0 bridgehead atoms. The molecule has 106 valence electrons. The molecule has 0 saturated carbocycles. The van der Waals surface area contributed by atoms with Crippen LogP contribution in [0.25, 0.3) is 16.9 Å². The molecule has 0 spiro atoms. The summed E-state index contributed by atoms with van der Waals surface area (Å²) < 4.78 is 25.2. The summed E-state index contributed by atoms with van der Waals surface area (Å²) in [6.07, 6.45) is 0. The van der Waals surface area contributed by atoms with Gasteiger partial charge in [0.1, 0.15) is 11.6 Å². The van der Waals surface area contributed by atoms with Crippen LogP contribution in [-0.4, -0.2) is 12.4 Å². The van der Waals surface area contributed by atoms with E-state index < -0.39 is 11.4 Å². The predicted octanol–water partition coefficient (Wildman–Crippen LogP) is 2.06. The minimum Gasteiger partial charge on any atom is -0.497 e. The first kappa shape index (κ1) is 13.1. The van der Waals surface area contributed by atoms with Crippen LogP contribution < -0.4 is 15.0 Å². The lowest BCUT2D eigenvalue weighted by Crippen LogP contribution is -2.36. The Morgan fingerprint density at radius 1 is 1.14 bits per heavy atom. The van der Waals surface area contributed by atoms with E-state index in [1.807, 2.05) is 0 Å². The molecular formula is C15H12FN2O3+. The first-order valence-electron chi connectivity index (χ1n) is 6.23. The number of halogens is 1. The average molecular weight is 287 g/mol. The van der Waals surface area contributed by atoms with Crippen molar-refractivity contribution in [1.29, 1.82) is 0 Å². The van der Waals surface area contributed by atoms with Crippen molar-refractivity contribution in [3.05, 3.63) is 64.8 Å². The Morgan fingerprint density at radius 2 is 1.86 bits per heavy atom. The highest BCUT2D eigenvalue weighted by molar-refractivity contribution is 5.56. The normalized spacial score (nSPS) is 10.6. The average Bonchev–Trinajstić information content (AvgIpc) is 2.89. The van der Waals surface area contributed by atoms with E-state index in [2.05, 4.69) is 5.27 Å². The quantitative estimate of drug-likeness (QED) is 0.750. The summed E-state index contributed by atoms with van der Waals surface area (Å²) in [6.45, 7) is 0. The minimum atomic E-state index is -0.643. The van der Waals surface area contributed by atoms with Gasteiger partial charge in [-0.05, 0) is 34.2 Å². The van der Waals surface area contributed by atoms with Crippen LogP contribution in [0.2, 0.25) is 0 Å². The number of benzene rings is 2. The molecule has 0 aliphatic rings. The van der Waals surface area contributed by atoms with E-state index in [1.165, 1.54) is 16.8 Å². The lowest BCUT2D eigenvalue weighted by atomic mass is 10.1. The second-order valence-corrected chi connectivity index (χ2v) is 4.34. The minimum absolute atomic E-state index is 0.0956. The van der Waals surface area contributed by atoms with E-state index in [-0.39, 0.29) is 11.3 Å². The second kappa shape index (κ2) is 5.24. The third-order valence-corrected chi connectivity index (χ3v) is 3.11. The number of nitrogens with one attached hydrogen (secondary N) is 1. The van der Waals surface area contributed by atoms with Gasteiger partial charge in [-0.2, -0.15) is 0 Å². The summed E-state index contributed by atoms with van der Waals surface area (Å²) in [4.78, 5) is 11.9. The molecule has 5 nitrogen and oxygen atoms in total. The third kappa shape index (κ3) is 2.31. The molecule has 3 rings (SSSR count). The molecule has 0 radical (unpaired) electrons. The maximum Gasteiger partial charge on any atom is 0.435 e. The molecule has 0 aliphatic carbocycles. The Bertz CT molecular complexity index is 821. The molecule has 0 fully saturated rings. The number of aromatic nitrogens is 2. The number of rotatable bonds is 3. The van der Waals surface area contributed by atoms with Crippen LogP contribution in [0.1, 0.15) is 0 Å². The van der Waals surface area contributed by atoms with Crippen molar-refractivity contribution in [1.82, 2.24) is 5.27 Å². The van der Waals surface area contributed by atoms with Gasteiger partial charge in [-0.3, -0.25) is 4.52 Å². The zero-order chi connectivity index (χ0) is 14.8. The van der Waals surface area contributed by atoms with Crippen molar-refractivity contribution in [2.45, 2.75) is 0 Å². The fourth-order valence-electron chi connectivity index (χ4n) is 2.07. The van der Waals surface area contributed by atoms with Gasteiger partial charge in [0.15, 0.2) is 0 Å². The fraction of sp³-hybridized carbons (Fsp3) is 0.0667. The van der Waals surface area contributed by atoms with Crippen LogP contribution in [0.3, 0.4) is 0 Å². The van der Waals surface area contributed by atoms with Crippen LogP contribution in [0.15, 0.2) is 57.8 Å². The van der Waals surface area contributed by atoms with Crippen LogP contribution in [0.5, 0.6) is 5.75 Å². The number of hydrogen-bond donors (Lipinski definition) is 1. The number of H-pyrrole nitrogens is 1. The molecule has 21 heavy (non-hydrogen) atoms. The Labute approximate surface area is 119 Å². The van der Waals surface area contributed by atoms with Gasteiger partial charge in [0.25, 0.3) is 0 Å². The summed E-state index contributed by atoms with van der Waals surface area (Å²) in [5.74, 6) is 0.185. The first-order chi connectivity index (χ1) is 10.2. The highest BCUT2D eigenvalue weighted by Crippen LogP contribution is 2.18. The van der Waals surface area contributed by atoms with Crippen molar-refractivity contribution in [3.8, 4) is 22.7 Å². The fourth-order valence-corrected chi connectivity index (χ4v) is 2.07. The van der Waals surface area contributed by atoms with Crippen molar-refractivity contribution in [2.24, 2.45) is 0 Å². The Balaban J connectivity index is 2.17. The topological polar surface area (TPSA) is 59.1 Å². The van der Waals surface area contributed by atoms with Crippen LogP contribution in [0, 0.1) is 5.82 Å². The summed E-state index contributed by atoms with van der Waals surface area (Å²) in [5.41, 5.74) is 0.248. The molecule has 0 amide bonds. The van der Waals surface area contributed by atoms with Gasteiger partial charge >= 0.3 is 11.3 Å². The molecule has 1 aromatic heterocycles. The number of methoxy groups -OCH3 is 1. The zero-order valence-electron chi connectivity index (χ0n) is 11.2. The molecule has 2 aromatic carbocycles. The first-order valence-corrected chi connectivity index (χ1v) is 6.23. The molecule has 3 aromatic rings. The van der Waals surface area contributed by atoms with Gasteiger partial charge < -0.3 is 4.74 Å². The Kier molecular flexibility index (Phi) is 3.27. The van der Waals surface area contributed by atoms with E-state index in [0.29, 0.717) is 11.4 Å². The largest absolute Gasteiger partial charge is 0.497 e. The molecule has 1 N–H and O–H groups in total. The monoisotopic (exact) mass is 287 g/mol. The molecule has 1 heterocycles. The van der Waals surface area contributed by atoms with E-state index in [0.717, 1.165) is 0 Å². The lowest BCUT2D eigenvalue weighted by Gasteiger charge is -1.99. The van der Waals surface area contributed by atoms with E-state index >= 15 is 0 Å². The van der Waals surface area contributed by atoms with Crippen LogP contribution in [-0.2, 0) is 0 Å². The maximum absolute atomic E-state index is 13.9. The summed E-state index contributed by atoms with van der Waals surface area (Å²) in [7, 11) is 1.56. The molecule has 0 unspecified atom stereocenters. The van der Waals surface area contributed by atoms with Gasteiger partial charge in [0.2, 0.25) is 5.69 Å². The second-order valence-electron chi connectivity index (χ2n) is 4.34. The lowest BCUT2D eigenvalue weighted by molar-refractivity contribution is -0.660. The van der Waals surface area contributed by atoms with Crippen LogP contribution >= 0.6 is 0 Å². The molecular weight excluding hydrogens is 275 g/mol. The van der Waals surface area contributed by atoms with Gasteiger partial charge in [-0.15, -0.1) is 0 Å². The number of hydrogen-bond acceptors (Lipinski definition) is 3. The van der Waals surface area contributed by atoms with Crippen LogP contribution in [0.4, 0.5) is 4.39 Å². The predicted molar refractivity (Wildman–Crippen MR) is 72.8 cm³/mol. The summed E-state index contributed by atoms with van der Waals surface area (Å²) >= 11 is 0. The highest BCUT2D eigenvalue weighted by Gasteiger charge is 2.27. The molecule has 0 aliphatic heterocycles. The van der Waals surface area contributed by atoms with E-state index in [4.69, 9.17) is 9.26 Å². The standard InChI is InChI=1S/C15H11FN2O3/c1-20-11-8-6-10(7-9-11)18-14(15(19)21-17-18)12-4-2-3-5-13(12)16/h2-9H,1H3/p+1. The van der Waals surface area contributed by atoms with Gasteiger partial charge in [-0.1, -0.05) is 12.1 Å². The van der Waals surface area contributed by atoms with Gasteiger partial charge in [-0.25, -0.2) is 9.18 Å². The number of nitrogens with zero attached hydrogens (tertiary/aromatic N) is 1. The van der Waals surface area contributed by atoms with Crippen molar-refractivity contribution in [3.63, 3.8) is 0 Å². The Morgan fingerprint density at radius 3 is 2.52 bits per heavy atom. The smallest absolute Gasteiger partial charge is 0.435 e. The van der Waals surface area contributed by atoms with E-state index in [1.54, 1.807) is 43.5 Å². The van der Waals surface area contributed by atoms with Crippen molar-refractivity contribution >= 4 is 0 Å². The maximum atomic E-state index is 13.9. The van der Waals surface area contributed by atoms with Crippen molar-refractivity contribution < 1.29 is 18.3 Å². The van der Waals surface area contributed by atoms with Crippen molar-refractivity contribution in [2.75, 3.05) is 7.11 Å². The summed E-state index contributed by atoms with van der Waals surface area (Å²) in [5, 5.41) is 2.48. The third-order valence-electron chi connectivity index (χ3n) is 3.11. The molecule has 6 heteroatoms. The summed E-state index contributed by atoms with van der Waals surface area (Å²) in [6, 6.07) is 13.0. The Hall–Kier alpha value is -2.89. The van der Waals surface area contributed by atoms with Gasteiger partial charge in [0.05, 0.1) is 12.7 Å². The van der Waals surface area contributed by atoms with E-state index in [9.17, 15) is 9.18 Å². The molecule has 0 saturated heterocycles. The zero-order valence-corrected chi connectivity index (χ0v) is 11.2. The highest BCUT2D eigenvalue weighted by atomic mass is 19.1. The SMILES string of the molecule is COc1ccc(-[n+]2[nH]oc(=O)c2-c2ccccc2F)cc1. The number of aromatic amines is 1. The molecule has 0 atom stereocenters.